The number of hydrogen-bond acceptors (Lipinski definition) is 6. The molecule has 32 heavy (non-hydrogen) atoms. The number of nitro benzene ring substituents is 1. The first-order valence-corrected chi connectivity index (χ1v) is 9.86. The van der Waals surface area contributed by atoms with Crippen LogP contribution in [0, 0.1) is 17.0 Å². The van der Waals surface area contributed by atoms with Crippen LogP contribution in [0.2, 0.25) is 10.0 Å². The summed E-state index contributed by atoms with van der Waals surface area (Å²) in [5.41, 5.74) is 3.46. The standard InChI is InChI=1S/C22H15Cl2N3O5/c1-13-3-2-4-14(9-13)22(29)32-20-8-6-17(27(30)31)10-15(20)12-25-26-21(28)18-7-5-16(23)11-19(18)24/h2-12H,1H3,(H,26,28)/b25-12+. The summed E-state index contributed by atoms with van der Waals surface area (Å²) >= 11 is 11.8. The number of benzene rings is 3. The number of amides is 1. The Morgan fingerprint density at radius 3 is 2.56 bits per heavy atom. The van der Waals surface area contributed by atoms with E-state index < -0.39 is 16.8 Å². The van der Waals surface area contributed by atoms with Gasteiger partial charge in [-0.05, 0) is 43.3 Å². The molecule has 1 amide bonds. The smallest absolute Gasteiger partial charge is 0.343 e. The zero-order valence-electron chi connectivity index (χ0n) is 16.5. The van der Waals surface area contributed by atoms with Gasteiger partial charge in [0.15, 0.2) is 0 Å². The second kappa shape index (κ2) is 10.0. The Labute approximate surface area is 192 Å². The minimum absolute atomic E-state index is 0.0321. The van der Waals surface area contributed by atoms with E-state index in [9.17, 15) is 19.7 Å². The molecule has 0 bridgehead atoms. The van der Waals surface area contributed by atoms with E-state index in [-0.39, 0.29) is 27.6 Å². The van der Waals surface area contributed by atoms with E-state index in [0.717, 1.165) is 11.8 Å². The minimum Gasteiger partial charge on any atom is -0.422 e. The predicted octanol–water partition coefficient (Wildman–Crippen LogP) is 5.19. The van der Waals surface area contributed by atoms with Gasteiger partial charge in [-0.1, -0.05) is 40.9 Å². The third kappa shape index (κ3) is 5.69. The van der Waals surface area contributed by atoms with Crippen LogP contribution in [0.5, 0.6) is 5.75 Å². The van der Waals surface area contributed by atoms with Crippen molar-refractivity contribution in [1.82, 2.24) is 5.43 Å². The molecule has 0 aliphatic heterocycles. The Kier molecular flexibility index (Phi) is 7.19. The van der Waals surface area contributed by atoms with Gasteiger partial charge in [0.05, 0.1) is 27.3 Å². The number of aryl methyl sites for hydroxylation is 1. The lowest BCUT2D eigenvalue weighted by Gasteiger charge is -2.08. The number of nitro groups is 1. The number of carbonyl (C=O) groups is 2. The van der Waals surface area contributed by atoms with Crippen LogP contribution in [0.25, 0.3) is 0 Å². The van der Waals surface area contributed by atoms with E-state index in [0.29, 0.717) is 10.6 Å². The van der Waals surface area contributed by atoms with E-state index in [1.165, 1.54) is 36.4 Å². The molecule has 0 saturated carbocycles. The Bertz CT molecular complexity index is 1240. The van der Waals surface area contributed by atoms with Crippen LogP contribution < -0.4 is 10.2 Å². The lowest BCUT2D eigenvalue weighted by atomic mass is 10.1. The van der Waals surface area contributed by atoms with Crippen molar-refractivity contribution in [2.45, 2.75) is 6.92 Å². The van der Waals surface area contributed by atoms with Crippen molar-refractivity contribution in [3.05, 3.63) is 103 Å². The summed E-state index contributed by atoms with van der Waals surface area (Å²) in [5, 5.41) is 15.4. The van der Waals surface area contributed by atoms with Gasteiger partial charge in [0.2, 0.25) is 0 Å². The summed E-state index contributed by atoms with van der Waals surface area (Å²) < 4.78 is 5.39. The van der Waals surface area contributed by atoms with Gasteiger partial charge in [-0.2, -0.15) is 5.10 Å². The van der Waals surface area contributed by atoms with E-state index in [2.05, 4.69) is 10.5 Å². The SMILES string of the molecule is Cc1cccc(C(=O)Oc2ccc([N+](=O)[O-])cc2/C=N/NC(=O)c2ccc(Cl)cc2Cl)c1. The van der Waals surface area contributed by atoms with E-state index in [4.69, 9.17) is 27.9 Å². The highest BCUT2D eigenvalue weighted by atomic mass is 35.5. The average molecular weight is 472 g/mol. The minimum atomic E-state index is -0.644. The third-order valence-electron chi connectivity index (χ3n) is 4.21. The number of hydrazone groups is 1. The molecule has 162 valence electrons. The van der Waals surface area contributed by atoms with Gasteiger partial charge >= 0.3 is 5.97 Å². The number of nitrogens with one attached hydrogen (secondary N) is 1. The molecule has 0 unspecified atom stereocenters. The van der Waals surface area contributed by atoms with Gasteiger partial charge in [0.25, 0.3) is 11.6 Å². The van der Waals surface area contributed by atoms with Gasteiger partial charge in [-0.15, -0.1) is 0 Å². The molecule has 10 heteroatoms. The van der Waals surface area contributed by atoms with Gasteiger partial charge < -0.3 is 4.74 Å². The van der Waals surface area contributed by atoms with E-state index >= 15 is 0 Å². The quantitative estimate of drug-likeness (QED) is 0.174. The van der Waals surface area contributed by atoms with Crippen LogP contribution >= 0.6 is 23.2 Å². The number of ether oxygens (including phenoxy) is 1. The molecule has 0 aromatic heterocycles. The summed E-state index contributed by atoms with van der Waals surface area (Å²) in [6.45, 7) is 1.83. The number of hydrogen-bond donors (Lipinski definition) is 1. The number of nitrogens with zero attached hydrogens (tertiary/aromatic N) is 2. The monoisotopic (exact) mass is 471 g/mol. The van der Waals surface area contributed by atoms with Crippen molar-refractivity contribution in [1.29, 1.82) is 0 Å². The molecule has 0 radical (unpaired) electrons. The Balaban J connectivity index is 1.83. The Hall–Kier alpha value is -3.75. The van der Waals surface area contributed by atoms with Gasteiger partial charge in [0, 0.05) is 22.7 Å². The number of esters is 1. The molecule has 0 atom stereocenters. The van der Waals surface area contributed by atoms with Crippen LogP contribution in [0.3, 0.4) is 0 Å². The lowest BCUT2D eigenvalue weighted by Crippen LogP contribution is -2.18. The van der Waals surface area contributed by atoms with Gasteiger partial charge in [-0.3, -0.25) is 14.9 Å². The van der Waals surface area contributed by atoms with Crippen LogP contribution in [0.4, 0.5) is 5.69 Å². The molecule has 1 N–H and O–H groups in total. The van der Waals surface area contributed by atoms with Crippen LogP contribution in [0.1, 0.15) is 31.8 Å². The van der Waals surface area contributed by atoms with Crippen LogP contribution in [-0.2, 0) is 0 Å². The predicted molar refractivity (Wildman–Crippen MR) is 121 cm³/mol. The highest BCUT2D eigenvalue weighted by Crippen LogP contribution is 2.24. The fraction of sp³-hybridized carbons (Fsp3) is 0.0455. The summed E-state index contributed by atoms with van der Waals surface area (Å²) in [6.07, 6.45) is 1.13. The fourth-order valence-corrected chi connectivity index (χ4v) is 3.16. The zero-order chi connectivity index (χ0) is 23.3. The first-order valence-electron chi connectivity index (χ1n) is 9.10. The van der Waals surface area contributed by atoms with E-state index in [1.54, 1.807) is 18.2 Å². The van der Waals surface area contributed by atoms with Crippen molar-refractivity contribution >= 4 is 47.0 Å². The highest BCUT2D eigenvalue weighted by molar-refractivity contribution is 6.36. The molecule has 3 rings (SSSR count). The zero-order valence-corrected chi connectivity index (χ0v) is 18.1. The van der Waals surface area contributed by atoms with Crippen molar-refractivity contribution in [2.24, 2.45) is 5.10 Å². The van der Waals surface area contributed by atoms with E-state index in [1.807, 2.05) is 13.0 Å². The number of halogens is 2. The van der Waals surface area contributed by atoms with Crippen LogP contribution in [-0.4, -0.2) is 23.0 Å². The van der Waals surface area contributed by atoms with Crippen molar-refractivity contribution in [2.75, 3.05) is 0 Å². The van der Waals surface area contributed by atoms with Crippen molar-refractivity contribution < 1.29 is 19.2 Å². The summed E-state index contributed by atoms with van der Waals surface area (Å²) in [6, 6.07) is 14.8. The number of rotatable bonds is 6. The fourth-order valence-electron chi connectivity index (χ4n) is 2.67. The third-order valence-corrected chi connectivity index (χ3v) is 4.75. The molecule has 3 aromatic rings. The molecule has 0 fully saturated rings. The Morgan fingerprint density at radius 1 is 1.09 bits per heavy atom. The van der Waals surface area contributed by atoms with Crippen LogP contribution in [0.15, 0.2) is 65.8 Å². The average Bonchev–Trinajstić information content (AvgIpc) is 2.74. The number of non-ortho nitro benzene ring substituents is 1. The molecule has 0 aliphatic carbocycles. The van der Waals surface area contributed by atoms with Crippen molar-refractivity contribution in [3.63, 3.8) is 0 Å². The molecule has 0 spiro atoms. The number of carbonyl (C=O) groups excluding carboxylic acids is 2. The molecule has 8 nitrogen and oxygen atoms in total. The molecule has 0 heterocycles. The summed E-state index contributed by atoms with van der Waals surface area (Å²) in [4.78, 5) is 35.3. The lowest BCUT2D eigenvalue weighted by molar-refractivity contribution is -0.384. The van der Waals surface area contributed by atoms with Crippen molar-refractivity contribution in [3.8, 4) is 5.75 Å². The molecular formula is C22H15Cl2N3O5. The molecule has 3 aromatic carbocycles. The summed E-state index contributed by atoms with van der Waals surface area (Å²) in [7, 11) is 0. The topological polar surface area (TPSA) is 111 Å². The molecule has 0 saturated heterocycles. The molecule has 0 aliphatic rings. The Morgan fingerprint density at radius 2 is 1.88 bits per heavy atom. The highest BCUT2D eigenvalue weighted by Gasteiger charge is 2.16. The first-order chi connectivity index (χ1) is 15.2. The first kappa shape index (κ1) is 22.9. The van der Waals surface area contributed by atoms with Gasteiger partial charge in [0.1, 0.15) is 5.75 Å². The molecular weight excluding hydrogens is 457 g/mol. The normalized spacial score (nSPS) is 10.7. The maximum Gasteiger partial charge on any atom is 0.343 e. The largest absolute Gasteiger partial charge is 0.422 e. The maximum absolute atomic E-state index is 12.5. The maximum atomic E-state index is 12.5. The van der Waals surface area contributed by atoms with Gasteiger partial charge in [-0.25, -0.2) is 10.2 Å². The summed E-state index contributed by atoms with van der Waals surface area (Å²) in [5.74, 6) is -1.23. The second-order valence-corrected chi connectivity index (χ2v) is 7.41. The second-order valence-electron chi connectivity index (χ2n) is 6.56.